The van der Waals surface area contributed by atoms with Crippen molar-refractivity contribution in [2.24, 2.45) is 0 Å². The predicted molar refractivity (Wildman–Crippen MR) is 141 cm³/mol. The molecule has 38 heavy (non-hydrogen) atoms. The van der Waals surface area contributed by atoms with E-state index in [4.69, 9.17) is 5.10 Å². The van der Waals surface area contributed by atoms with Gasteiger partial charge in [-0.3, -0.25) is 0 Å². The Balaban J connectivity index is 1.51. The van der Waals surface area contributed by atoms with Crippen molar-refractivity contribution in [3.8, 4) is 16.9 Å². The van der Waals surface area contributed by atoms with Gasteiger partial charge in [0.25, 0.3) is 0 Å². The van der Waals surface area contributed by atoms with E-state index in [1.807, 2.05) is 17.2 Å². The van der Waals surface area contributed by atoms with E-state index in [0.717, 1.165) is 64.3 Å². The van der Waals surface area contributed by atoms with E-state index in [0.29, 0.717) is 19.5 Å². The van der Waals surface area contributed by atoms with Gasteiger partial charge in [0.2, 0.25) is 5.95 Å². The van der Waals surface area contributed by atoms with E-state index in [9.17, 15) is 13.2 Å². The summed E-state index contributed by atoms with van der Waals surface area (Å²) in [6.45, 7) is 5.33. The minimum atomic E-state index is -4.47. The van der Waals surface area contributed by atoms with E-state index < -0.39 is 11.7 Å². The first-order valence-corrected chi connectivity index (χ1v) is 12.8. The number of benzene rings is 2. The van der Waals surface area contributed by atoms with Gasteiger partial charge in [-0.25, -0.2) is 14.6 Å². The van der Waals surface area contributed by atoms with Crippen LogP contribution in [0.5, 0.6) is 0 Å². The SMILES string of the molecule is CCc1cccc(CC)c1-n1nc2c(c1-c1ccc3[nH]ccc3c1)CN(c1ncc(C(F)(F)F)cn1)CC2. The second-order valence-electron chi connectivity index (χ2n) is 9.54. The van der Waals surface area contributed by atoms with Crippen molar-refractivity contribution in [1.82, 2.24) is 24.7 Å². The molecule has 194 valence electrons. The Bertz CT molecular complexity index is 1590. The van der Waals surface area contributed by atoms with Crippen LogP contribution < -0.4 is 4.90 Å². The molecule has 0 saturated carbocycles. The van der Waals surface area contributed by atoms with Crippen molar-refractivity contribution in [2.45, 2.75) is 45.8 Å². The molecule has 1 aliphatic heterocycles. The van der Waals surface area contributed by atoms with Crippen molar-refractivity contribution in [3.63, 3.8) is 0 Å². The third-order valence-electron chi connectivity index (χ3n) is 7.29. The van der Waals surface area contributed by atoms with Crippen LogP contribution in [0.1, 0.15) is 41.8 Å². The molecule has 6 rings (SSSR count). The molecule has 0 amide bonds. The number of hydrogen-bond acceptors (Lipinski definition) is 4. The number of alkyl halides is 3. The highest BCUT2D eigenvalue weighted by molar-refractivity contribution is 5.85. The summed E-state index contributed by atoms with van der Waals surface area (Å²) in [5, 5.41) is 6.25. The van der Waals surface area contributed by atoms with Crippen molar-refractivity contribution < 1.29 is 13.2 Å². The first kappa shape index (κ1) is 24.2. The molecule has 5 aromatic rings. The number of H-pyrrole nitrogens is 1. The standard InChI is InChI=1S/C29H27F3N6/c1-3-18-6-5-7-19(4-2)26(18)38-27(21-8-9-24-20(14-21)10-12-33-24)23-17-37(13-11-25(23)36-38)28-34-15-22(16-35-28)29(30,31)32/h5-10,12,14-16,33H,3-4,11,13,17H2,1-2H3. The Morgan fingerprint density at radius 1 is 0.974 bits per heavy atom. The van der Waals surface area contributed by atoms with Gasteiger partial charge in [0, 0.05) is 60.1 Å². The van der Waals surface area contributed by atoms with E-state index in [1.54, 1.807) is 0 Å². The second-order valence-corrected chi connectivity index (χ2v) is 9.54. The number of hydrogen-bond donors (Lipinski definition) is 1. The predicted octanol–water partition coefficient (Wildman–Crippen LogP) is 6.52. The lowest BCUT2D eigenvalue weighted by Gasteiger charge is -2.27. The summed E-state index contributed by atoms with van der Waals surface area (Å²) in [5.41, 5.74) is 7.81. The number of fused-ring (bicyclic) bond motifs is 2. The molecule has 3 aromatic heterocycles. The van der Waals surface area contributed by atoms with E-state index in [1.165, 1.54) is 11.1 Å². The number of rotatable bonds is 5. The Morgan fingerprint density at radius 2 is 1.71 bits per heavy atom. The first-order chi connectivity index (χ1) is 18.4. The Labute approximate surface area is 218 Å². The molecule has 0 atom stereocenters. The molecule has 0 fully saturated rings. The highest BCUT2D eigenvalue weighted by atomic mass is 19.4. The zero-order valence-corrected chi connectivity index (χ0v) is 21.2. The molecule has 4 heterocycles. The lowest BCUT2D eigenvalue weighted by Crippen LogP contribution is -2.31. The van der Waals surface area contributed by atoms with Crippen LogP contribution in [-0.4, -0.2) is 31.3 Å². The maximum absolute atomic E-state index is 13.1. The summed E-state index contributed by atoms with van der Waals surface area (Å²) in [6, 6.07) is 14.8. The molecular formula is C29H27F3N6. The number of aryl methyl sites for hydroxylation is 2. The Kier molecular flexibility index (Phi) is 5.93. The van der Waals surface area contributed by atoms with Gasteiger partial charge in [-0.05, 0) is 42.2 Å². The summed E-state index contributed by atoms with van der Waals surface area (Å²) in [7, 11) is 0. The Hall–Kier alpha value is -4.14. The minimum Gasteiger partial charge on any atom is -0.361 e. The third kappa shape index (κ3) is 4.12. The first-order valence-electron chi connectivity index (χ1n) is 12.8. The van der Waals surface area contributed by atoms with Crippen LogP contribution in [0.15, 0.2) is 61.1 Å². The zero-order valence-electron chi connectivity index (χ0n) is 21.2. The molecule has 1 N–H and O–H groups in total. The molecule has 0 saturated heterocycles. The average Bonchev–Trinajstić information content (AvgIpc) is 3.55. The second kappa shape index (κ2) is 9.31. The van der Waals surface area contributed by atoms with E-state index in [-0.39, 0.29) is 5.95 Å². The van der Waals surface area contributed by atoms with Crippen LogP contribution in [0, 0.1) is 0 Å². The largest absolute Gasteiger partial charge is 0.419 e. The van der Waals surface area contributed by atoms with Gasteiger partial charge in [0.1, 0.15) is 0 Å². The van der Waals surface area contributed by atoms with Crippen molar-refractivity contribution in [2.75, 3.05) is 11.4 Å². The summed E-state index contributed by atoms with van der Waals surface area (Å²) in [6.07, 6.45) is 1.54. The molecular weight excluding hydrogens is 489 g/mol. The van der Waals surface area contributed by atoms with Gasteiger partial charge < -0.3 is 9.88 Å². The smallest absolute Gasteiger partial charge is 0.361 e. The van der Waals surface area contributed by atoms with Crippen molar-refractivity contribution >= 4 is 16.9 Å². The number of anilines is 1. The quantitative estimate of drug-likeness (QED) is 0.289. The fourth-order valence-electron chi connectivity index (χ4n) is 5.32. The van der Waals surface area contributed by atoms with Gasteiger partial charge in [-0.2, -0.15) is 18.3 Å². The van der Waals surface area contributed by atoms with Crippen molar-refractivity contribution in [1.29, 1.82) is 0 Å². The van der Waals surface area contributed by atoms with Crippen LogP contribution in [0.4, 0.5) is 19.1 Å². The highest BCUT2D eigenvalue weighted by Crippen LogP contribution is 2.37. The van der Waals surface area contributed by atoms with Gasteiger partial charge in [-0.15, -0.1) is 0 Å². The molecule has 0 radical (unpaired) electrons. The molecule has 9 heteroatoms. The molecule has 0 aliphatic carbocycles. The number of nitrogens with one attached hydrogen (secondary N) is 1. The zero-order chi connectivity index (χ0) is 26.4. The van der Waals surface area contributed by atoms with Gasteiger partial charge in [-0.1, -0.05) is 38.1 Å². The monoisotopic (exact) mass is 516 g/mol. The van der Waals surface area contributed by atoms with Gasteiger partial charge in [0.05, 0.1) is 22.6 Å². The van der Waals surface area contributed by atoms with Crippen molar-refractivity contribution in [3.05, 3.63) is 89.0 Å². The van der Waals surface area contributed by atoms with Crippen LogP contribution in [0.2, 0.25) is 0 Å². The number of halogens is 3. The topological polar surface area (TPSA) is 62.6 Å². The fraction of sp³-hybridized carbons (Fsp3) is 0.276. The van der Waals surface area contributed by atoms with Crippen LogP contribution in [-0.2, 0) is 32.0 Å². The third-order valence-corrected chi connectivity index (χ3v) is 7.29. The molecule has 2 aromatic carbocycles. The number of nitrogens with zero attached hydrogens (tertiary/aromatic N) is 5. The summed E-state index contributed by atoms with van der Waals surface area (Å²) in [4.78, 5) is 13.3. The minimum absolute atomic E-state index is 0.284. The Morgan fingerprint density at radius 3 is 2.39 bits per heavy atom. The summed E-state index contributed by atoms with van der Waals surface area (Å²) < 4.78 is 41.3. The van der Waals surface area contributed by atoms with E-state index >= 15 is 0 Å². The normalized spacial score (nSPS) is 13.8. The molecule has 0 bridgehead atoms. The average molecular weight is 517 g/mol. The lowest BCUT2D eigenvalue weighted by molar-refractivity contribution is -0.138. The van der Waals surface area contributed by atoms with Crippen LogP contribution >= 0.6 is 0 Å². The van der Waals surface area contributed by atoms with Crippen LogP contribution in [0.3, 0.4) is 0 Å². The van der Waals surface area contributed by atoms with E-state index in [2.05, 4.69) is 69.9 Å². The van der Waals surface area contributed by atoms with Crippen LogP contribution in [0.25, 0.3) is 27.8 Å². The number of aromatic nitrogens is 5. The summed E-state index contributed by atoms with van der Waals surface area (Å²) >= 11 is 0. The van der Waals surface area contributed by atoms with Gasteiger partial charge in [0.15, 0.2) is 0 Å². The summed E-state index contributed by atoms with van der Waals surface area (Å²) in [5.74, 6) is 0.284. The fourth-order valence-corrected chi connectivity index (χ4v) is 5.32. The maximum atomic E-state index is 13.1. The lowest BCUT2D eigenvalue weighted by atomic mass is 9.98. The molecule has 0 unspecified atom stereocenters. The molecule has 1 aliphatic rings. The van der Waals surface area contributed by atoms with Gasteiger partial charge >= 0.3 is 6.18 Å². The number of aromatic amines is 1. The highest BCUT2D eigenvalue weighted by Gasteiger charge is 2.33. The molecule has 6 nitrogen and oxygen atoms in total. The number of para-hydroxylation sites is 1. The molecule has 0 spiro atoms. The maximum Gasteiger partial charge on any atom is 0.419 e.